The van der Waals surface area contributed by atoms with Crippen LogP contribution < -0.4 is 5.32 Å². The van der Waals surface area contributed by atoms with Gasteiger partial charge in [0.2, 0.25) is 0 Å². The quantitative estimate of drug-likeness (QED) is 0.718. The molecule has 3 rings (SSSR count). The smallest absolute Gasteiger partial charge is 0.161 e. The number of aromatic nitrogens is 2. The third-order valence-electron chi connectivity index (χ3n) is 3.17. The third kappa shape index (κ3) is 2.69. The number of hydrogen-bond donors (Lipinski definition) is 2. The van der Waals surface area contributed by atoms with Crippen LogP contribution in [0.5, 0.6) is 0 Å². The fourth-order valence-electron chi connectivity index (χ4n) is 2.14. The summed E-state index contributed by atoms with van der Waals surface area (Å²) in [6, 6.07) is 6.85. The SMILES string of the molecule is Cc1nc2ccc(NCc3cc(F)c(F)cc3F)cc2[nH]1. The van der Waals surface area contributed by atoms with Gasteiger partial charge in [-0.25, -0.2) is 18.2 Å². The normalized spacial score (nSPS) is 11.0. The lowest BCUT2D eigenvalue weighted by atomic mass is 10.2. The van der Waals surface area contributed by atoms with Crippen LogP contribution >= 0.6 is 0 Å². The van der Waals surface area contributed by atoms with Crippen molar-refractivity contribution in [3.63, 3.8) is 0 Å². The first-order valence-corrected chi connectivity index (χ1v) is 6.36. The Morgan fingerprint density at radius 1 is 1.05 bits per heavy atom. The van der Waals surface area contributed by atoms with Gasteiger partial charge in [-0.3, -0.25) is 0 Å². The minimum absolute atomic E-state index is 0.0572. The Morgan fingerprint density at radius 3 is 2.62 bits per heavy atom. The predicted molar refractivity (Wildman–Crippen MR) is 74.5 cm³/mol. The first-order valence-electron chi connectivity index (χ1n) is 6.36. The lowest BCUT2D eigenvalue weighted by Crippen LogP contribution is -2.03. The Hall–Kier alpha value is -2.50. The van der Waals surface area contributed by atoms with Gasteiger partial charge in [-0.05, 0) is 31.2 Å². The summed E-state index contributed by atoms with van der Waals surface area (Å²) in [5, 5.41) is 2.97. The van der Waals surface area contributed by atoms with Crippen LogP contribution in [0.1, 0.15) is 11.4 Å². The monoisotopic (exact) mass is 291 g/mol. The van der Waals surface area contributed by atoms with Gasteiger partial charge < -0.3 is 10.3 Å². The molecule has 3 nitrogen and oxygen atoms in total. The zero-order valence-corrected chi connectivity index (χ0v) is 11.2. The third-order valence-corrected chi connectivity index (χ3v) is 3.17. The topological polar surface area (TPSA) is 40.7 Å². The van der Waals surface area contributed by atoms with E-state index in [4.69, 9.17) is 0 Å². The molecule has 0 atom stereocenters. The standard InChI is InChI=1S/C15H12F3N3/c1-8-20-14-3-2-10(5-15(14)21-8)19-7-9-4-12(17)13(18)6-11(9)16/h2-6,19H,7H2,1H3,(H,20,21). The van der Waals surface area contributed by atoms with E-state index < -0.39 is 17.5 Å². The summed E-state index contributed by atoms with van der Waals surface area (Å²) in [4.78, 5) is 7.36. The number of aromatic amines is 1. The van der Waals surface area contributed by atoms with E-state index in [9.17, 15) is 13.2 Å². The molecule has 0 saturated carbocycles. The summed E-state index contributed by atoms with van der Waals surface area (Å²) < 4.78 is 39.5. The van der Waals surface area contributed by atoms with E-state index in [0.29, 0.717) is 6.07 Å². The number of nitrogens with zero attached hydrogens (tertiary/aromatic N) is 1. The summed E-state index contributed by atoms with van der Waals surface area (Å²) in [6.07, 6.45) is 0. The molecule has 0 unspecified atom stereocenters. The van der Waals surface area contributed by atoms with Gasteiger partial charge in [0, 0.05) is 23.9 Å². The maximum atomic E-state index is 13.5. The van der Waals surface area contributed by atoms with Gasteiger partial charge >= 0.3 is 0 Å². The number of halogens is 3. The highest BCUT2D eigenvalue weighted by atomic mass is 19.2. The molecule has 3 aromatic rings. The summed E-state index contributed by atoms with van der Waals surface area (Å²) in [7, 11) is 0. The molecular formula is C15H12F3N3. The fraction of sp³-hybridized carbons (Fsp3) is 0.133. The van der Waals surface area contributed by atoms with Gasteiger partial charge in [-0.1, -0.05) is 0 Å². The van der Waals surface area contributed by atoms with Crippen LogP contribution in [0, 0.1) is 24.4 Å². The lowest BCUT2D eigenvalue weighted by molar-refractivity contribution is 0.490. The second kappa shape index (κ2) is 5.12. The van der Waals surface area contributed by atoms with Crippen molar-refractivity contribution in [2.75, 3.05) is 5.32 Å². The van der Waals surface area contributed by atoms with Gasteiger partial charge in [0.1, 0.15) is 11.6 Å². The van der Waals surface area contributed by atoms with Gasteiger partial charge in [0.15, 0.2) is 11.6 Å². The molecule has 21 heavy (non-hydrogen) atoms. The van der Waals surface area contributed by atoms with Crippen molar-refractivity contribution in [1.29, 1.82) is 0 Å². The first kappa shape index (κ1) is 13.5. The van der Waals surface area contributed by atoms with Gasteiger partial charge in [0.25, 0.3) is 0 Å². The number of fused-ring (bicyclic) bond motifs is 1. The number of benzene rings is 2. The van der Waals surface area contributed by atoms with Crippen molar-refractivity contribution in [2.45, 2.75) is 13.5 Å². The minimum atomic E-state index is -1.19. The molecule has 2 aromatic carbocycles. The van der Waals surface area contributed by atoms with E-state index in [1.807, 2.05) is 19.1 Å². The van der Waals surface area contributed by atoms with Crippen molar-refractivity contribution < 1.29 is 13.2 Å². The number of nitrogens with one attached hydrogen (secondary N) is 2. The maximum absolute atomic E-state index is 13.5. The molecule has 0 aliphatic carbocycles. The molecule has 0 aliphatic heterocycles. The number of H-pyrrole nitrogens is 1. The zero-order valence-electron chi connectivity index (χ0n) is 11.2. The predicted octanol–water partition coefficient (Wildman–Crippen LogP) is 3.90. The molecule has 0 amide bonds. The van der Waals surface area contributed by atoms with Crippen LogP contribution in [-0.4, -0.2) is 9.97 Å². The maximum Gasteiger partial charge on any atom is 0.161 e. The zero-order chi connectivity index (χ0) is 15.0. The highest BCUT2D eigenvalue weighted by molar-refractivity contribution is 5.79. The summed E-state index contributed by atoms with van der Waals surface area (Å²) in [5.41, 5.74) is 2.48. The fourth-order valence-corrected chi connectivity index (χ4v) is 2.14. The molecule has 1 heterocycles. The molecule has 108 valence electrons. The minimum Gasteiger partial charge on any atom is -0.381 e. The molecule has 1 aromatic heterocycles. The molecule has 2 N–H and O–H groups in total. The van der Waals surface area contributed by atoms with Gasteiger partial charge in [-0.2, -0.15) is 0 Å². The lowest BCUT2D eigenvalue weighted by Gasteiger charge is -2.08. The van der Waals surface area contributed by atoms with E-state index in [2.05, 4.69) is 15.3 Å². The van der Waals surface area contributed by atoms with Gasteiger partial charge in [-0.15, -0.1) is 0 Å². The van der Waals surface area contributed by atoms with Crippen LogP contribution in [0.4, 0.5) is 18.9 Å². The van der Waals surface area contributed by atoms with Crippen molar-refractivity contribution in [3.8, 4) is 0 Å². The van der Waals surface area contributed by atoms with Crippen LogP contribution in [0.25, 0.3) is 11.0 Å². The molecule has 0 spiro atoms. The molecular weight excluding hydrogens is 279 g/mol. The average Bonchev–Trinajstić information content (AvgIpc) is 2.80. The second-order valence-electron chi connectivity index (χ2n) is 4.77. The largest absolute Gasteiger partial charge is 0.381 e. The molecule has 0 radical (unpaired) electrons. The van der Waals surface area contributed by atoms with E-state index in [1.165, 1.54) is 0 Å². The Morgan fingerprint density at radius 2 is 1.81 bits per heavy atom. The summed E-state index contributed by atoms with van der Waals surface area (Å²) in [5.74, 6) is -2.23. The van der Waals surface area contributed by atoms with Crippen LogP contribution in [-0.2, 0) is 6.54 Å². The molecule has 0 fully saturated rings. The Labute approximate surface area is 118 Å². The average molecular weight is 291 g/mol. The number of rotatable bonds is 3. The van der Waals surface area contributed by atoms with Crippen LogP contribution in [0.3, 0.4) is 0 Å². The molecule has 0 aliphatic rings. The number of aryl methyl sites for hydroxylation is 1. The first-order chi connectivity index (χ1) is 10.0. The second-order valence-corrected chi connectivity index (χ2v) is 4.77. The Kier molecular flexibility index (Phi) is 3.29. The van der Waals surface area contributed by atoms with Crippen molar-refractivity contribution in [3.05, 3.63) is 59.2 Å². The number of imidazole rings is 1. The van der Waals surface area contributed by atoms with E-state index in [-0.39, 0.29) is 12.1 Å². The molecule has 6 heteroatoms. The Bertz CT molecular complexity index is 811. The number of hydrogen-bond acceptors (Lipinski definition) is 2. The summed E-state index contributed by atoms with van der Waals surface area (Å²) in [6.45, 7) is 1.91. The van der Waals surface area contributed by atoms with E-state index in [0.717, 1.165) is 28.6 Å². The van der Waals surface area contributed by atoms with Crippen molar-refractivity contribution in [2.24, 2.45) is 0 Å². The van der Waals surface area contributed by atoms with Crippen LogP contribution in [0.2, 0.25) is 0 Å². The summed E-state index contributed by atoms with van der Waals surface area (Å²) >= 11 is 0. The highest BCUT2D eigenvalue weighted by Gasteiger charge is 2.09. The highest BCUT2D eigenvalue weighted by Crippen LogP contribution is 2.19. The van der Waals surface area contributed by atoms with Crippen molar-refractivity contribution >= 4 is 16.7 Å². The van der Waals surface area contributed by atoms with Gasteiger partial charge in [0.05, 0.1) is 11.0 Å². The van der Waals surface area contributed by atoms with Crippen LogP contribution in [0.15, 0.2) is 30.3 Å². The molecule has 0 bridgehead atoms. The Balaban J connectivity index is 1.81. The van der Waals surface area contributed by atoms with Crippen molar-refractivity contribution in [1.82, 2.24) is 9.97 Å². The van der Waals surface area contributed by atoms with E-state index >= 15 is 0 Å². The number of anilines is 1. The van der Waals surface area contributed by atoms with E-state index in [1.54, 1.807) is 6.07 Å². The molecule has 0 saturated heterocycles.